The number of halogens is 1. The molecule has 5 heteroatoms. The average Bonchev–Trinajstić information content (AvgIpc) is 1.93. The largest absolute Gasteiger partial charge is 0.388 e. The van der Waals surface area contributed by atoms with Crippen molar-refractivity contribution in [3.05, 3.63) is 0 Å². The van der Waals surface area contributed by atoms with Gasteiger partial charge in [0.25, 0.3) is 0 Å². The minimum atomic E-state index is -1.11. The SMILES string of the molecule is O[C@@H]1[C@H](O)[C@H](O)CO[C@@H]1Br. The summed E-state index contributed by atoms with van der Waals surface area (Å²) in [6.07, 6.45) is -3.15. The van der Waals surface area contributed by atoms with E-state index in [0.717, 1.165) is 0 Å². The van der Waals surface area contributed by atoms with Crippen molar-refractivity contribution in [3.8, 4) is 0 Å². The van der Waals surface area contributed by atoms with Crippen molar-refractivity contribution in [1.29, 1.82) is 0 Å². The molecule has 0 bridgehead atoms. The van der Waals surface area contributed by atoms with Gasteiger partial charge in [0.05, 0.1) is 6.61 Å². The molecule has 0 unspecified atom stereocenters. The quantitative estimate of drug-likeness (QED) is 0.443. The summed E-state index contributed by atoms with van der Waals surface area (Å²) in [5.74, 6) is 0. The number of alkyl halides is 1. The molecule has 0 aromatic rings. The predicted molar refractivity (Wildman–Crippen MR) is 36.7 cm³/mol. The highest BCUT2D eigenvalue weighted by atomic mass is 79.9. The number of ether oxygens (including phenoxy) is 1. The van der Waals surface area contributed by atoms with Gasteiger partial charge in [-0.05, 0) is 0 Å². The van der Waals surface area contributed by atoms with Crippen LogP contribution in [0.5, 0.6) is 0 Å². The van der Waals surface area contributed by atoms with Crippen LogP contribution < -0.4 is 0 Å². The van der Waals surface area contributed by atoms with Crippen LogP contribution in [0.25, 0.3) is 0 Å². The fraction of sp³-hybridized carbons (Fsp3) is 1.00. The molecule has 1 aliphatic rings. The zero-order chi connectivity index (χ0) is 7.72. The Morgan fingerprint density at radius 2 is 1.80 bits per heavy atom. The lowest BCUT2D eigenvalue weighted by molar-refractivity contribution is -0.159. The third-order valence-corrected chi connectivity index (χ3v) is 2.24. The van der Waals surface area contributed by atoms with E-state index in [1.807, 2.05) is 0 Å². The second-order valence-electron chi connectivity index (χ2n) is 2.23. The average molecular weight is 213 g/mol. The van der Waals surface area contributed by atoms with Crippen LogP contribution in [0, 0.1) is 0 Å². The molecule has 0 aromatic carbocycles. The summed E-state index contributed by atoms with van der Waals surface area (Å²) in [4.78, 5) is 0. The van der Waals surface area contributed by atoms with Gasteiger partial charge < -0.3 is 20.1 Å². The molecule has 60 valence electrons. The smallest absolute Gasteiger partial charge is 0.141 e. The van der Waals surface area contributed by atoms with Crippen LogP contribution in [-0.4, -0.2) is 45.3 Å². The van der Waals surface area contributed by atoms with Gasteiger partial charge in [0.2, 0.25) is 0 Å². The van der Waals surface area contributed by atoms with Crippen molar-refractivity contribution in [3.63, 3.8) is 0 Å². The zero-order valence-electron chi connectivity index (χ0n) is 5.14. The third kappa shape index (κ3) is 1.49. The number of aliphatic hydroxyl groups excluding tert-OH is 3. The second-order valence-corrected chi connectivity index (χ2v) is 3.14. The predicted octanol–water partition coefficient (Wildman–Crippen LogP) is -1.18. The fourth-order valence-corrected chi connectivity index (χ4v) is 1.24. The lowest BCUT2D eigenvalue weighted by Gasteiger charge is -2.31. The van der Waals surface area contributed by atoms with Crippen LogP contribution in [0.15, 0.2) is 0 Å². The molecule has 0 amide bonds. The highest BCUT2D eigenvalue weighted by molar-refractivity contribution is 9.09. The molecule has 0 aliphatic carbocycles. The standard InChI is InChI=1S/C5H9BrO4/c6-5-4(9)3(8)2(7)1-10-5/h2-5,7-9H,1H2/t2-,3-,4-,5+/m1/s1. The lowest BCUT2D eigenvalue weighted by Crippen LogP contribution is -2.50. The summed E-state index contributed by atoms with van der Waals surface area (Å²) in [5, 5.41) is 26.4. The van der Waals surface area contributed by atoms with E-state index in [2.05, 4.69) is 15.9 Å². The van der Waals surface area contributed by atoms with Crippen LogP contribution in [0.1, 0.15) is 0 Å². The van der Waals surface area contributed by atoms with E-state index in [0.29, 0.717) is 0 Å². The summed E-state index contributed by atoms with van der Waals surface area (Å²) in [7, 11) is 0. The van der Waals surface area contributed by atoms with Gasteiger partial charge in [-0.15, -0.1) is 0 Å². The molecule has 1 fully saturated rings. The van der Waals surface area contributed by atoms with E-state index >= 15 is 0 Å². The number of rotatable bonds is 0. The Kier molecular flexibility index (Phi) is 2.65. The van der Waals surface area contributed by atoms with E-state index in [-0.39, 0.29) is 6.61 Å². The highest BCUT2D eigenvalue weighted by Gasteiger charge is 2.35. The maximum atomic E-state index is 9.03. The number of hydrogen-bond acceptors (Lipinski definition) is 4. The van der Waals surface area contributed by atoms with Crippen molar-refractivity contribution in [2.45, 2.75) is 23.3 Å². The maximum absolute atomic E-state index is 9.03. The first-order valence-electron chi connectivity index (χ1n) is 2.93. The first-order chi connectivity index (χ1) is 4.63. The molecular weight excluding hydrogens is 204 g/mol. The molecule has 10 heavy (non-hydrogen) atoms. The highest BCUT2D eigenvalue weighted by Crippen LogP contribution is 2.19. The molecule has 3 N–H and O–H groups in total. The molecule has 1 saturated heterocycles. The van der Waals surface area contributed by atoms with E-state index in [1.54, 1.807) is 0 Å². The van der Waals surface area contributed by atoms with Crippen molar-refractivity contribution >= 4 is 15.9 Å². The molecule has 4 nitrogen and oxygen atoms in total. The van der Waals surface area contributed by atoms with Crippen LogP contribution in [0.2, 0.25) is 0 Å². The van der Waals surface area contributed by atoms with Crippen LogP contribution in [-0.2, 0) is 4.74 Å². The van der Waals surface area contributed by atoms with E-state index in [1.165, 1.54) is 0 Å². The Bertz CT molecular complexity index is 106. The molecule has 0 aromatic heterocycles. The van der Waals surface area contributed by atoms with Gasteiger partial charge in [-0.1, -0.05) is 15.9 Å². The Labute approximate surface area is 66.6 Å². The Balaban J connectivity index is 2.52. The van der Waals surface area contributed by atoms with Gasteiger partial charge in [-0.2, -0.15) is 0 Å². The number of hydrogen-bond donors (Lipinski definition) is 3. The summed E-state index contributed by atoms with van der Waals surface area (Å²) >= 11 is 2.98. The molecule has 1 rings (SSSR count). The summed E-state index contributed by atoms with van der Waals surface area (Å²) in [5.41, 5.74) is 0. The molecule has 1 aliphatic heterocycles. The van der Waals surface area contributed by atoms with Crippen molar-refractivity contribution < 1.29 is 20.1 Å². The van der Waals surface area contributed by atoms with Gasteiger partial charge in [-0.3, -0.25) is 0 Å². The van der Waals surface area contributed by atoms with E-state index < -0.39 is 23.3 Å². The minimum absolute atomic E-state index is 0.0497. The van der Waals surface area contributed by atoms with E-state index in [9.17, 15) is 0 Å². The topological polar surface area (TPSA) is 69.9 Å². The van der Waals surface area contributed by atoms with Crippen LogP contribution >= 0.6 is 15.9 Å². The molecule has 0 saturated carbocycles. The van der Waals surface area contributed by atoms with Gasteiger partial charge in [0.15, 0.2) is 0 Å². The summed E-state index contributed by atoms with van der Waals surface area (Å²) in [6, 6.07) is 0. The molecule has 4 atom stereocenters. The lowest BCUT2D eigenvalue weighted by atomic mass is 10.1. The summed E-state index contributed by atoms with van der Waals surface area (Å²) < 4.78 is 4.83. The van der Waals surface area contributed by atoms with Gasteiger partial charge in [-0.25, -0.2) is 0 Å². The van der Waals surface area contributed by atoms with Crippen molar-refractivity contribution in [2.24, 2.45) is 0 Å². The van der Waals surface area contributed by atoms with E-state index in [4.69, 9.17) is 20.1 Å². The third-order valence-electron chi connectivity index (χ3n) is 1.44. The molecular formula is C5H9BrO4. The normalized spacial score (nSPS) is 49.2. The summed E-state index contributed by atoms with van der Waals surface area (Å²) in [6.45, 7) is 0.0497. The Morgan fingerprint density at radius 1 is 1.20 bits per heavy atom. The maximum Gasteiger partial charge on any atom is 0.141 e. The van der Waals surface area contributed by atoms with Crippen LogP contribution in [0.4, 0.5) is 0 Å². The van der Waals surface area contributed by atoms with Gasteiger partial charge in [0.1, 0.15) is 23.3 Å². The molecule has 0 radical (unpaired) electrons. The monoisotopic (exact) mass is 212 g/mol. The first kappa shape index (κ1) is 8.42. The van der Waals surface area contributed by atoms with Crippen LogP contribution in [0.3, 0.4) is 0 Å². The Morgan fingerprint density at radius 3 is 2.30 bits per heavy atom. The number of aliphatic hydroxyl groups is 3. The molecule has 1 heterocycles. The van der Waals surface area contributed by atoms with Crippen molar-refractivity contribution in [1.82, 2.24) is 0 Å². The first-order valence-corrected chi connectivity index (χ1v) is 3.84. The Hall–Kier alpha value is 0.320. The zero-order valence-corrected chi connectivity index (χ0v) is 6.73. The molecule has 0 spiro atoms. The fourth-order valence-electron chi connectivity index (χ4n) is 0.770. The van der Waals surface area contributed by atoms with Gasteiger partial charge in [0, 0.05) is 0 Å². The van der Waals surface area contributed by atoms with Gasteiger partial charge >= 0.3 is 0 Å². The second kappa shape index (κ2) is 3.15. The van der Waals surface area contributed by atoms with Crippen molar-refractivity contribution in [2.75, 3.05) is 6.61 Å². The minimum Gasteiger partial charge on any atom is -0.388 e.